The number of amides is 1. The Kier molecular flexibility index (Phi) is 3.34. The molecule has 0 saturated carbocycles. The summed E-state index contributed by atoms with van der Waals surface area (Å²) in [7, 11) is 1.38. The fraction of sp³-hybridized carbons (Fsp3) is 0.0909. The molecule has 4 nitrogen and oxygen atoms in total. The lowest BCUT2D eigenvalue weighted by Gasteiger charge is -2.05. The number of ether oxygens (including phenoxy) is 1. The quantitative estimate of drug-likeness (QED) is 0.913. The molecule has 1 aromatic heterocycles. The second-order valence-electron chi connectivity index (χ2n) is 3.18. The molecule has 1 N–H and O–H groups in total. The first kappa shape index (κ1) is 11.5. The van der Waals surface area contributed by atoms with Gasteiger partial charge in [-0.25, -0.2) is 9.37 Å². The van der Waals surface area contributed by atoms with Crippen LogP contribution in [0.5, 0.6) is 5.75 Å². The monoisotopic (exact) mass is 252 g/mol. The Balaban J connectivity index is 2.14. The van der Waals surface area contributed by atoms with Crippen molar-refractivity contribution in [1.29, 1.82) is 0 Å². The number of halogens is 1. The lowest BCUT2D eigenvalue weighted by molar-refractivity contribution is 0.102. The van der Waals surface area contributed by atoms with Gasteiger partial charge < -0.3 is 10.1 Å². The summed E-state index contributed by atoms with van der Waals surface area (Å²) in [5.41, 5.74) is 2.23. The third kappa shape index (κ3) is 2.59. The Morgan fingerprint density at radius 3 is 2.94 bits per heavy atom. The van der Waals surface area contributed by atoms with Gasteiger partial charge in [0.05, 0.1) is 12.6 Å². The molecule has 0 aliphatic carbocycles. The molecule has 6 heteroatoms. The number of hydrogen-bond donors (Lipinski definition) is 1. The Morgan fingerprint density at radius 2 is 2.35 bits per heavy atom. The molecular weight excluding hydrogens is 243 g/mol. The average molecular weight is 252 g/mol. The predicted octanol–water partition coefficient (Wildman–Crippen LogP) is 2.54. The van der Waals surface area contributed by atoms with Crippen LogP contribution in [-0.4, -0.2) is 18.0 Å². The lowest BCUT2D eigenvalue weighted by Crippen LogP contribution is -2.12. The van der Waals surface area contributed by atoms with E-state index in [0.717, 1.165) is 0 Å². The van der Waals surface area contributed by atoms with Crippen LogP contribution < -0.4 is 10.1 Å². The molecular formula is C11H9FN2O2S. The fourth-order valence-corrected chi connectivity index (χ4v) is 1.80. The van der Waals surface area contributed by atoms with Crippen molar-refractivity contribution in [2.75, 3.05) is 12.4 Å². The number of hydrogen-bond acceptors (Lipinski definition) is 4. The summed E-state index contributed by atoms with van der Waals surface area (Å²) < 4.78 is 18.1. The van der Waals surface area contributed by atoms with Crippen molar-refractivity contribution in [1.82, 2.24) is 4.98 Å². The van der Waals surface area contributed by atoms with Gasteiger partial charge in [-0.15, -0.1) is 11.3 Å². The second-order valence-corrected chi connectivity index (χ2v) is 3.90. The van der Waals surface area contributed by atoms with E-state index in [2.05, 4.69) is 10.3 Å². The number of carbonyl (C=O) groups excluding carboxylic acids is 1. The van der Waals surface area contributed by atoms with Crippen molar-refractivity contribution in [3.8, 4) is 5.75 Å². The third-order valence-corrected chi connectivity index (χ3v) is 2.66. The van der Waals surface area contributed by atoms with Gasteiger partial charge in [0.1, 0.15) is 5.69 Å². The fourth-order valence-electron chi connectivity index (χ4n) is 1.26. The molecule has 0 unspecified atom stereocenters. The van der Waals surface area contributed by atoms with Crippen molar-refractivity contribution in [3.63, 3.8) is 0 Å². The zero-order valence-corrected chi connectivity index (χ0v) is 9.75. The summed E-state index contributed by atoms with van der Waals surface area (Å²) in [5, 5.41) is 4.17. The number of anilines is 1. The molecule has 0 atom stereocenters. The van der Waals surface area contributed by atoms with E-state index >= 15 is 0 Å². The van der Waals surface area contributed by atoms with E-state index in [1.54, 1.807) is 17.0 Å². The molecule has 0 bridgehead atoms. The Labute approximate surface area is 101 Å². The highest BCUT2D eigenvalue weighted by Gasteiger charge is 2.09. The highest BCUT2D eigenvalue weighted by Crippen LogP contribution is 2.21. The minimum absolute atomic E-state index is 0.136. The number of nitrogens with zero attached hydrogens (tertiary/aromatic N) is 1. The maximum atomic E-state index is 13.4. The first-order chi connectivity index (χ1) is 8.20. The van der Waals surface area contributed by atoms with Gasteiger partial charge in [0.15, 0.2) is 11.6 Å². The molecule has 2 aromatic rings. The van der Waals surface area contributed by atoms with Crippen LogP contribution in [-0.2, 0) is 0 Å². The Bertz CT molecular complexity index is 528. The summed E-state index contributed by atoms with van der Waals surface area (Å²) in [6, 6.07) is 4.21. The van der Waals surface area contributed by atoms with Crippen LogP contribution in [0, 0.1) is 5.82 Å². The van der Waals surface area contributed by atoms with Crippen LogP contribution in [0.25, 0.3) is 0 Å². The molecule has 0 radical (unpaired) electrons. The average Bonchev–Trinajstić information content (AvgIpc) is 2.82. The minimum atomic E-state index is -0.524. The van der Waals surface area contributed by atoms with Gasteiger partial charge in [-0.1, -0.05) is 0 Å². The van der Waals surface area contributed by atoms with Crippen LogP contribution in [0.3, 0.4) is 0 Å². The zero-order valence-electron chi connectivity index (χ0n) is 8.94. The van der Waals surface area contributed by atoms with Crippen LogP contribution in [0.15, 0.2) is 29.1 Å². The van der Waals surface area contributed by atoms with Crippen LogP contribution in [0.4, 0.5) is 10.1 Å². The first-order valence-electron chi connectivity index (χ1n) is 4.74. The molecule has 0 aliphatic rings. The predicted molar refractivity (Wildman–Crippen MR) is 63.0 cm³/mol. The number of aromatic nitrogens is 1. The number of benzene rings is 1. The molecule has 0 saturated heterocycles. The van der Waals surface area contributed by atoms with E-state index in [4.69, 9.17) is 4.74 Å². The number of carbonyl (C=O) groups is 1. The van der Waals surface area contributed by atoms with Crippen molar-refractivity contribution in [2.45, 2.75) is 0 Å². The Morgan fingerprint density at radius 1 is 1.53 bits per heavy atom. The molecule has 2 rings (SSSR count). The van der Waals surface area contributed by atoms with E-state index in [1.165, 1.54) is 30.6 Å². The van der Waals surface area contributed by atoms with Gasteiger partial charge in [0.25, 0.3) is 5.91 Å². The maximum Gasteiger partial charge on any atom is 0.275 e. The number of nitrogens with one attached hydrogen (secondary N) is 1. The summed E-state index contributed by atoms with van der Waals surface area (Å²) >= 11 is 1.32. The van der Waals surface area contributed by atoms with Gasteiger partial charge in [0, 0.05) is 17.1 Å². The second kappa shape index (κ2) is 4.92. The van der Waals surface area contributed by atoms with Crippen LogP contribution >= 0.6 is 11.3 Å². The van der Waals surface area contributed by atoms with Gasteiger partial charge in [-0.2, -0.15) is 0 Å². The van der Waals surface area contributed by atoms with Crippen LogP contribution in [0.2, 0.25) is 0 Å². The highest BCUT2D eigenvalue weighted by molar-refractivity contribution is 7.07. The molecule has 17 heavy (non-hydrogen) atoms. The standard InChI is InChI=1S/C11H9FN2O2S/c1-16-10-3-2-7(4-8(10)12)14-11(15)9-5-17-6-13-9/h2-6H,1H3,(H,14,15). The van der Waals surface area contributed by atoms with Crippen molar-refractivity contribution in [2.24, 2.45) is 0 Å². The van der Waals surface area contributed by atoms with E-state index < -0.39 is 5.82 Å². The summed E-state index contributed by atoms with van der Waals surface area (Å²) in [6.07, 6.45) is 0. The number of thiazole rings is 1. The zero-order chi connectivity index (χ0) is 12.3. The Hall–Kier alpha value is -1.95. The maximum absolute atomic E-state index is 13.4. The van der Waals surface area contributed by atoms with Gasteiger partial charge in [-0.05, 0) is 12.1 Å². The summed E-state index contributed by atoms with van der Waals surface area (Å²) in [4.78, 5) is 15.5. The van der Waals surface area contributed by atoms with Crippen molar-refractivity contribution in [3.05, 3.63) is 40.6 Å². The number of methoxy groups -OCH3 is 1. The van der Waals surface area contributed by atoms with E-state index in [1.807, 2.05) is 0 Å². The van der Waals surface area contributed by atoms with Crippen LogP contribution in [0.1, 0.15) is 10.5 Å². The molecule has 1 aromatic carbocycles. The number of rotatable bonds is 3. The van der Waals surface area contributed by atoms with Crippen molar-refractivity contribution < 1.29 is 13.9 Å². The normalized spacial score (nSPS) is 10.0. The molecule has 1 heterocycles. The topological polar surface area (TPSA) is 51.2 Å². The lowest BCUT2D eigenvalue weighted by atomic mass is 10.3. The van der Waals surface area contributed by atoms with E-state index in [0.29, 0.717) is 11.4 Å². The summed E-state index contributed by atoms with van der Waals surface area (Å²) in [6.45, 7) is 0. The SMILES string of the molecule is COc1ccc(NC(=O)c2cscn2)cc1F. The molecule has 1 amide bonds. The van der Waals surface area contributed by atoms with Gasteiger partial charge in [0.2, 0.25) is 0 Å². The minimum Gasteiger partial charge on any atom is -0.494 e. The van der Waals surface area contributed by atoms with E-state index in [9.17, 15) is 9.18 Å². The third-order valence-electron chi connectivity index (χ3n) is 2.07. The molecule has 88 valence electrons. The highest BCUT2D eigenvalue weighted by atomic mass is 32.1. The van der Waals surface area contributed by atoms with E-state index in [-0.39, 0.29) is 11.7 Å². The molecule has 0 fully saturated rings. The summed E-state index contributed by atoms with van der Waals surface area (Å²) in [5.74, 6) is -0.754. The van der Waals surface area contributed by atoms with Crippen molar-refractivity contribution >= 4 is 22.9 Å². The van der Waals surface area contributed by atoms with Gasteiger partial charge in [-0.3, -0.25) is 4.79 Å². The molecule has 0 aliphatic heterocycles. The first-order valence-corrected chi connectivity index (χ1v) is 5.68. The largest absolute Gasteiger partial charge is 0.494 e. The molecule has 0 spiro atoms. The smallest absolute Gasteiger partial charge is 0.275 e. The van der Waals surface area contributed by atoms with Gasteiger partial charge >= 0.3 is 0 Å².